The van der Waals surface area contributed by atoms with E-state index in [9.17, 15) is 4.79 Å². The second-order valence-corrected chi connectivity index (χ2v) is 7.75. The van der Waals surface area contributed by atoms with Crippen LogP contribution in [0, 0.1) is 5.92 Å². The maximum Gasteiger partial charge on any atom is 0.407 e. The fourth-order valence-electron chi connectivity index (χ4n) is 2.75. The molecule has 0 aromatic heterocycles. The summed E-state index contributed by atoms with van der Waals surface area (Å²) in [4.78, 5) is 11.9. The third kappa shape index (κ3) is 5.52. The zero-order chi connectivity index (χ0) is 16.2. The minimum Gasteiger partial charge on any atom is -0.444 e. The standard InChI is InChI=1S/C17H25BrN2O2/c1-17(2,3)22-16(21)20-15-6-4-5-12(15)11-19-14-9-7-13(18)8-10-14/h7-10,12,15,19H,4-6,11H2,1-3H3,(H,20,21). The number of halogens is 1. The number of benzene rings is 1. The summed E-state index contributed by atoms with van der Waals surface area (Å²) in [6, 6.07) is 8.34. The van der Waals surface area contributed by atoms with Gasteiger partial charge in [-0.2, -0.15) is 0 Å². The van der Waals surface area contributed by atoms with Gasteiger partial charge in [-0.05, 0) is 63.8 Å². The van der Waals surface area contributed by atoms with E-state index in [0.29, 0.717) is 5.92 Å². The lowest BCUT2D eigenvalue weighted by Crippen LogP contribution is -2.42. The van der Waals surface area contributed by atoms with E-state index >= 15 is 0 Å². The van der Waals surface area contributed by atoms with Gasteiger partial charge in [0.2, 0.25) is 0 Å². The Morgan fingerprint density at radius 2 is 1.95 bits per heavy atom. The minimum atomic E-state index is -0.451. The molecule has 0 aliphatic heterocycles. The number of carbonyl (C=O) groups is 1. The van der Waals surface area contributed by atoms with E-state index in [-0.39, 0.29) is 12.1 Å². The van der Waals surface area contributed by atoms with Crippen molar-refractivity contribution in [2.45, 2.75) is 51.7 Å². The fourth-order valence-corrected chi connectivity index (χ4v) is 3.01. The van der Waals surface area contributed by atoms with Gasteiger partial charge in [0.15, 0.2) is 0 Å². The predicted octanol–water partition coefficient (Wildman–Crippen LogP) is 4.55. The van der Waals surface area contributed by atoms with E-state index in [0.717, 1.165) is 36.0 Å². The Morgan fingerprint density at radius 1 is 1.27 bits per heavy atom. The fraction of sp³-hybridized carbons (Fsp3) is 0.588. The first kappa shape index (κ1) is 17.1. The molecule has 5 heteroatoms. The Bertz CT molecular complexity index is 496. The monoisotopic (exact) mass is 368 g/mol. The van der Waals surface area contributed by atoms with Crippen LogP contribution in [0.3, 0.4) is 0 Å². The summed E-state index contributed by atoms with van der Waals surface area (Å²) in [5.41, 5.74) is 0.652. The number of alkyl carbamates (subject to hydrolysis) is 1. The third-order valence-corrected chi connectivity index (χ3v) is 4.30. The predicted molar refractivity (Wildman–Crippen MR) is 93.1 cm³/mol. The average Bonchev–Trinajstić information content (AvgIpc) is 2.83. The number of hydrogen-bond acceptors (Lipinski definition) is 3. The van der Waals surface area contributed by atoms with Crippen molar-refractivity contribution in [2.24, 2.45) is 5.92 Å². The van der Waals surface area contributed by atoms with Crippen molar-refractivity contribution in [1.82, 2.24) is 5.32 Å². The molecule has 1 aromatic rings. The maximum atomic E-state index is 11.9. The molecule has 0 bridgehead atoms. The molecule has 0 heterocycles. The lowest BCUT2D eigenvalue weighted by atomic mass is 10.0. The van der Waals surface area contributed by atoms with Gasteiger partial charge in [-0.15, -0.1) is 0 Å². The van der Waals surface area contributed by atoms with E-state index in [4.69, 9.17) is 4.74 Å². The molecule has 0 spiro atoms. The molecule has 122 valence electrons. The van der Waals surface area contributed by atoms with Crippen molar-refractivity contribution in [3.05, 3.63) is 28.7 Å². The van der Waals surface area contributed by atoms with Crippen LogP contribution < -0.4 is 10.6 Å². The number of rotatable bonds is 4. The molecule has 2 N–H and O–H groups in total. The number of amides is 1. The van der Waals surface area contributed by atoms with E-state index in [2.05, 4.69) is 38.7 Å². The number of hydrogen-bond donors (Lipinski definition) is 2. The molecule has 1 aliphatic rings. The van der Waals surface area contributed by atoms with E-state index in [1.165, 1.54) is 0 Å². The van der Waals surface area contributed by atoms with Crippen LogP contribution in [-0.4, -0.2) is 24.3 Å². The largest absolute Gasteiger partial charge is 0.444 e. The first-order valence-electron chi connectivity index (χ1n) is 7.82. The van der Waals surface area contributed by atoms with Gasteiger partial charge in [0, 0.05) is 22.7 Å². The zero-order valence-electron chi connectivity index (χ0n) is 13.5. The minimum absolute atomic E-state index is 0.192. The Labute approximate surface area is 141 Å². The van der Waals surface area contributed by atoms with Crippen molar-refractivity contribution in [3.8, 4) is 0 Å². The molecule has 4 nitrogen and oxygen atoms in total. The summed E-state index contributed by atoms with van der Waals surface area (Å²) in [6.07, 6.45) is 2.98. The Balaban J connectivity index is 1.82. The third-order valence-electron chi connectivity index (χ3n) is 3.77. The van der Waals surface area contributed by atoms with Crippen LogP contribution >= 0.6 is 15.9 Å². The highest BCUT2D eigenvalue weighted by Gasteiger charge is 2.29. The van der Waals surface area contributed by atoms with Gasteiger partial charge in [-0.25, -0.2) is 4.79 Å². The van der Waals surface area contributed by atoms with Gasteiger partial charge in [0.25, 0.3) is 0 Å². The quantitative estimate of drug-likeness (QED) is 0.818. The molecule has 1 aromatic carbocycles. The summed E-state index contributed by atoms with van der Waals surface area (Å²) in [5, 5.41) is 6.47. The number of ether oxygens (including phenoxy) is 1. The Morgan fingerprint density at radius 3 is 2.59 bits per heavy atom. The summed E-state index contributed by atoms with van der Waals surface area (Å²) in [7, 11) is 0. The summed E-state index contributed by atoms with van der Waals surface area (Å²) < 4.78 is 6.42. The van der Waals surface area contributed by atoms with Crippen LogP contribution in [-0.2, 0) is 4.74 Å². The first-order valence-corrected chi connectivity index (χ1v) is 8.62. The Hall–Kier alpha value is -1.23. The van der Waals surface area contributed by atoms with Gasteiger partial charge < -0.3 is 15.4 Å². The zero-order valence-corrected chi connectivity index (χ0v) is 15.1. The molecule has 2 atom stereocenters. The van der Waals surface area contributed by atoms with Crippen molar-refractivity contribution in [3.63, 3.8) is 0 Å². The number of carbonyl (C=O) groups excluding carboxylic acids is 1. The first-order chi connectivity index (χ1) is 10.3. The number of anilines is 1. The number of nitrogens with one attached hydrogen (secondary N) is 2. The summed E-state index contributed by atoms with van der Waals surface area (Å²) >= 11 is 3.43. The van der Waals surface area contributed by atoms with Gasteiger partial charge in [-0.1, -0.05) is 22.4 Å². The summed E-state index contributed by atoms with van der Waals surface area (Å²) in [6.45, 7) is 6.51. The van der Waals surface area contributed by atoms with Crippen molar-refractivity contribution >= 4 is 27.7 Å². The van der Waals surface area contributed by atoms with Crippen molar-refractivity contribution in [2.75, 3.05) is 11.9 Å². The highest BCUT2D eigenvalue weighted by Crippen LogP contribution is 2.26. The van der Waals surface area contributed by atoms with Crippen molar-refractivity contribution in [1.29, 1.82) is 0 Å². The van der Waals surface area contributed by atoms with Crippen LogP contribution in [0.15, 0.2) is 28.7 Å². The highest BCUT2D eigenvalue weighted by atomic mass is 79.9. The molecular formula is C17H25BrN2O2. The van der Waals surface area contributed by atoms with E-state index in [1.807, 2.05) is 32.9 Å². The van der Waals surface area contributed by atoms with Crippen molar-refractivity contribution < 1.29 is 9.53 Å². The lowest BCUT2D eigenvalue weighted by Gasteiger charge is -2.25. The van der Waals surface area contributed by atoms with Gasteiger partial charge in [-0.3, -0.25) is 0 Å². The van der Waals surface area contributed by atoms with Crippen LogP contribution in [0.2, 0.25) is 0 Å². The van der Waals surface area contributed by atoms with Gasteiger partial charge in [0.05, 0.1) is 0 Å². The van der Waals surface area contributed by atoms with Gasteiger partial charge >= 0.3 is 6.09 Å². The van der Waals surface area contributed by atoms with Crippen LogP contribution in [0.1, 0.15) is 40.0 Å². The van der Waals surface area contributed by atoms with Gasteiger partial charge in [0.1, 0.15) is 5.60 Å². The highest BCUT2D eigenvalue weighted by molar-refractivity contribution is 9.10. The lowest BCUT2D eigenvalue weighted by molar-refractivity contribution is 0.0494. The molecular weight excluding hydrogens is 344 g/mol. The average molecular weight is 369 g/mol. The second kappa shape index (κ2) is 7.36. The maximum absolute atomic E-state index is 11.9. The van der Waals surface area contributed by atoms with Crippen LogP contribution in [0.5, 0.6) is 0 Å². The molecule has 1 saturated carbocycles. The molecule has 1 amide bonds. The van der Waals surface area contributed by atoms with E-state index in [1.54, 1.807) is 0 Å². The molecule has 1 fully saturated rings. The molecule has 0 radical (unpaired) electrons. The molecule has 22 heavy (non-hydrogen) atoms. The Kier molecular flexibility index (Phi) is 5.73. The topological polar surface area (TPSA) is 50.4 Å². The molecule has 0 saturated heterocycles. The molecule has 2 rings (SSSR count). The van der Waals surface area contributed by atoms with E-state index < -0.39 is 5.60 Å². The second-order valence-electron chi connectivity index (χ2n) is 6.83. The van der Waals surface area contributed by atoms with Crippen LogP contribution in [0.25, 0.3) is 0 Å². The molecule has 2 unspecified atom stereocenters. The molecule has 1 aliphatic carbocycles. The van der Waals surface area contributed by atoms with Crippen LogP contribution in [0.4, 0.5) is 10.5 Å². The SMILES string of the molecule is CC(C)(C)OC(=O)NC1CCCC1CNc1ccc(Br)cc1. The summed E-state index contributed by atoms with van der Waals surface area (Å²) in [5.74, 6) is 0.441. The smallest absolute Gasteiger partial charge is 0.407 e. The normalized spacial score (nSPS) is 21.5.